The number of carbonyl (C=O) groups is 1. The lowest BCUT2D eigenvalue weighted by molar-refractivity contribution is -0.137. The maximum absolute atomic E-state index is 13.4. The number of esters is 1. The molecule has 44 heavy (non-hydrogen) atoms. The van der Waals surface area contributed by atoms with Crippen molar-refractivity contribution in [1.29, 1.82) is 0 Å². The summed E-state index contributed by atoms with van der Waals surface area (Å²) in [4.78, 5) is 15.7. The quantitative estimate of drug-likeness (QED) is 0.153. The summed E-state index contributed by atoms with van der Waals surface area (Å²) >= 11 is 0. The fraction of sp³-hybridized carbons (Fsp3) is 0.306. The van der Waals surface area contributed by atoms with Gasteiger partial charge in [-0.2, -0.15) is 13.2 Å². The van der Waals surface area contributed by atoms with Gasteiger partial charge in [-0.1, -0.05) is 50.5 Å². The van der Waals surface area contributed by atoms with Crippen LogP contribution in [-0.4, -0.2) is 19.1 Å². The molecular weight excluding hydrogens is 565 g/mol. The Morgan fingerprint density at radius 1 is 0.841 bits per heavy atom. The molecule has 2 aliphatic rings. The van der Waals surface area contributed by atoms with Gasteiger partial charge in [0, 0.05) is 52.9 Å². The van der Waals surface area contributed by atoms with Gasteiger partial charge in [-0.3, -0.25) is 0 Å². The van der Waals surface area contributed by atoms with Crippen LogP contribution in [0.2, 0.25) is 0 Å². The maximum atomic E-state index is 13.4. The van der Waals surface area contributed by atoms with E-state index in [0.717, 1.165) is 42.9 Å². The average molecular weight is 601 g/mol. The highest BCUT2D eigenvalue weighted by atomic mass is 19.4. The molecule has 2 heterocycles. The van der Waals surface area contributed by atoms with Crippen LogP contribution < -0.4 is 15.0 Å². The first-order valence-corrected chi connectivity index (χ1v) is 15.1. The number of halogens is 3. The monoisotopic (exact) mass is 600 g/mol. The van der Waals surface area contributed by atoms with E-state index in [1.807, 2.05) is 49.4 Å². The van der Waals surface area contributed by atoms with Crippen LogP contribution in [0.15, 0.2) is 78.9 Å². The molecule has 4 aromatic rings. The van der Waals surface area contributed by atoms with Crippen molar-refractivity contribution >= 4 is 23.0 Å². The lowest BCUT2D eigenvalue weighted by atomic mass is 9.77. The molecular formula is C36H35F3N2O3. The third-order valence-corrected chi connectivity index (χ3v) is 8.54. The molecule has 1 N–H and O–H groups in total. The van der Waals surface area contributed by atoms with Crippen LogP contribution in [0.4, 0.5) is 30.2 Å². The Hall–Kier alpha value is -4.46. The van der Waals surface area contributed by atoms with Gasteiger partial charge in [0.2, 0.25) is 0 Å². The second kappa shape index (κ2) is 11.6. The van der Waals surface area contributed by atoms with E-state index in [2.05, 4.69) is 24.1 Å². The number of unbranched alkanes of at least 4 members (excludes halogenated alkanes) is 3. The number of hydrogen-bond acceptors (Lipinski definition) is 5. The molecule has 1 unspecified atom stereocenters. The lowest BCUT2D eigenvalue weighted by Gasteiger charge is -2.38. The summed E-state index contributed by atoms with van der Waals surface area (Å²) in [6.07, 6.45) is 0.190. The molecule has 228 valence electrons. The molecule has 8 heteroatoms. The highest BCUT2D eigenvalue weighted by Gasteiger charge is 2.53. The first kappa shape index (κ1) is 29.6. The molecule has 1 spiro atoms. The largest absolute Gasteiger partial charge is 0.456 e. The predicted octanol–water partition coefficient (Wildman–Crippen LogP) is 9.73. The molecule has 0 radical (unpaired) electrons. The fourth-order valence-corrected chi connectivity index (χ4v) is 6.27. The highest BCUT2D eigenvalue weighted by Crippen LogP contribution is 2.57. The van der Waals surface area contributed by atoms with Crippen LogP contribution in [0.5, 0.6) is 11.5 Å². The number of hydrogen-bond donors (Lipinski definition) is 1. The molecule has 0 saturated heterocycles. The zero-order valence-corrected chi connectivity index (χ0v) is 25.1. The zero-order valence-electron chi connectivity index (χ0n) is 25.1. The summed E-state index contributed by atoms with van der Waals surface area (Å²) < 4.78 is 53.2. The van der Waals surface area contributed by atoms with Crippen molar-refractivity contribution in [1.82, 2.24) is 0 Å². The van der Waals surface area contributed by atoms with Crippen LogP contribution >= 0.6 is 0 Å². The lowest BCUT2D eigenvalue weighted by Crippen LogP contribution is -2.33. The molecule has 6 rings (SSSR count). The third kappa shape index (κ3) is 5.16. The van der Waals surface area contributed by atoms with E-state index in [-0.39, 0.29) is 0 Å². The van der Waals surface area contributed by atoms with E-state index in [9.17, 15) is 18.0 Å². The van der Waals surface area contributed by atoms with E-state index >= 15 is 0 Å². The molecule has 4 aromatic carbocycles. The summed E-state index contributed by atoms with van der Waals surface area (Å²) in [7, 11) is 0. The standard InChI is InChI=1S/C36H35F3N2O3/c1-4-6-7-10-18-41(5-2)26-16-17-29-33(21-26)43-32-19-23(3)31(40-25-13-11-12-24(20-25)36(37,38)39)22-30(32)35(29)28-15-9-8-14-27(28)34(42)44-35/h8-9,11-17,19-22,40H,4-7,10,18H2,1-3H3. The number of carbonyl (C=O) groups excluding carboxylic acids is 1. The summed E-state index contributed by atoms with van der Waals surface area (Å²) in [6.45, 7) is 7.97. The van der Waals surface area contributed by atoms with Crippen LogP contribution in [0.25, 0.3) is 0 Å². The number of rotatable bonds is 9. The van der Waals surface area contributed by atoms with Crippen molar-refractivity contribution in [3.63, 3.8) is 0 Å². The normalized spacial score (nSPS) is 16.5. The second-order valence-electron chi connectivity index (χ2n) is 11.4. The zero-order chi connectivity index (χ0) is 31.1. The molecule has 1 atom stereocenters. The van der Waals surface area contributed by atoms with E-state index in [4.69, 9.17) is 9.47 Å². The number of nitrogens with one attached hydrogen (secondary N) is 1. The van der Waals surface area contributed by atoms with Gasteiger partial charge in [-0.25, -0.2) is 4.79 Å². The summed E-state index contributed by atoms with van der Waals surface area (Å²) in [6, 6.07) is 22.1. The Balaban J connectivity index is 1.46. The molecule has 0 aliphatic carbocycles. The fourth-order valence-electron chi connectivity index (χ4n) is 6.27. The minimum Gasteiger partial charge on any atom is -0.456 e. The van der Waals surface area contributed by atoms with E-state index < -0.39 is 23.3 Å². The number of alkyl halides is 3. The Bertz CT molecular complexity index is 1720. The molecule has 0 amide bonds. The minimum atomic E-state index is -4.46. The van der Waals surface area contributed by atoms with Gasteiger partial charge in [0.1, 0.15) is 11.5 Å². The van der Waals surface area contributed by atoms with Crippen molar-refractivity contribution < 1.29 is 27.4 Å². The topological polar surface area (TPSA) is 50.8 Å². The number of fused-ring (bicyclic) bond motifs is 6. The Morgan fingerprint density at radius 2 is 1.64 bits per heavy atom. The third-order valence-electron chi connectivity index (χ3n) is 8.54. The molecule has 5 nitrogen and oxygen atoms in total. The van der Waals surface area contributed by atoms with Crippen LogP contribution in [0.3, 0.4) is 0 Å². The van der Waals surface area contributed by atoms with Gasteiger partial charge in [0.05, 0.1) is 11.1 Å². The van der Waals surface area contributed by atoms with Gasteiger partial charge in [0.15, 0.2) is 5.60 Å². The molecule has 0 fully saturated rings. The van der Waals surface area contributed by atoms with Crippen molar-refractivity contribution in [2.45, 2.75) is 58.2 Å². The average Bonchev–Trinajstić information content (AvgIpc) is 3.30. The van der Waals surface area contributed by atoms with Gasteiger partial charge in [0.25, 0.3) is 0 Å². The number of nitrogens with zero attached hydrogens (tertiary/aromatic N) is 1. The smallest absolute Gasteiger partial charge is 0.416 e. The van der Waals surface area contributed by atoms with Crippen molar-refractivity contribution in [2.24, 2.45) is 0 Å². The van der Waals surface area contributed by atoms with Gasteiger partial charge < -0.3 is 19.7 Å². The Labute approximate surface area is 255 Å². The van der Waals surface area contributed by atoms with Gasteiger partial charge in [-0.15, -0.1) is 0 Å². The van der Waals surface area contributed by atoms with E-state index in [0.29, 0.717) is 45.1 Å². The van der Waals surface area contributed by atoms with Crippen molar-refractivity contribution in [3.8, 4) is 11.5 Å². The van der Waals surface area contributed by atoms with E-state index in [1.165, 1.54) is 25.3 Å². The first-order chi connectivity index (χ1) is 21.2. The van der Waals surface area contributed by atoms with Crippen molar-refractivity contribution in [2.75, 3.05) is 23.3 Å². The minimum absolute atomic E-state index is 0.293. The molecule has 0 bridgehead atoms. The van der Waals surface area contributed by atoms with Crippen LogP contribution in [-0.2, 0) is 16.5 Å². The maximum Gasteiger partial charge on any atom is 0.416 e. The number of benzene rings is 4. The van der Waals surface area contributed by atoms with Crippen molar-refractivity contribution in [3.05, 3.63) is 112 Å². The number of aryl methyl sites for hydroxylation is 1. The molecule has 0 saturated carbocycles. The SMILES string of the molecule is CCCCCCN(CC)c1ccc2c(c1)Oc1cc(C)c(Nc3cccc(C(F)(F)F)c3)cc1C21OC(=O)c2ccccc21. The summed E-state index contributed by atoms with van der Waals surface area (Å²) in [5, 5.41) is 3.16. The second-order valence-corrected chi connectivity index (χ2v) is 11.4. The molecule has 2 aliphatic heterocycles. The Kier molecular flexibility index (Phi) is 7.78. The predicted molar refractivity (Wildman–Crippen MR) is 166 cm³/mol. The van der Waals surface area contributed by atoms with Gasteiger partial charge in [-0.05, 0) is 74.4 Å². The van der Waals surface area contributed by atoms with Crippen LogP contribution in [0, 0.1) is 6.92 Å². The van der Waals surface area contributed by atoms with Crippen LogP contribution in [0.1, 0.15) is 77.7 Å². The van der Waals surface area contributed by atoms with E-state index in [1.54, 1.807) is 18.2 Å². The van der Waals surface area contributed by atoms with Gasteiger partial charge >= 0.3 is 12.1 Å². The number of ether oxygens (including phenoxy) is 2. The highest BCUT2D eigenvalue weighted by molar-refractivity contribution is 5.97. The first-order valence-electron chi connectivity index (χ1n) is 15.1. The Morgan fingerprint density at radius 3 is 2.41 bits per heavy atom. The summed E-state index contributed by atoms with van der Waals surface area (Å²) in [5.74, 6) is 0.685. The number of anilines is 3. The summed E-state index contributed by atoms with van der Waals surface area (Å²) in [5.41, 5.74) is 3.10. The molecule has 0 aromatic heterocycles.